The van der Waals surface area contributed by atoms with Crippen LogP contribution in [0.4, 0.5) is 0 Å². The Balaban J connectivity index is 0.00000294. The Morgan fingerprint density at radius 2 is 1.89 bits per heavy atom. The van der Waals surface area contributed by atoms with E-state index in [1.807, 2.05) is 13.0 Å². The summed E-state index contributed by atoms with van der Waals surface area (Å²) < 4.78 is 23.9. The Labute approximate surface area is 220 Å². The maximum atomic E-state index is 12.7. The minimum atomic E-state index is -0.374. The lowest BCUT2D eigenvalue weighted by Gasteiger charge is -2.61. The van der Waals surface area contributed by atoms with Crippen LogP contribution in [0.25, 0.3) is 0 Å². The summed E-state index contributed by atoms with van der Waals surface area (Å²) in [6.45, 7) is 8.27. The minimum Gasteiger partial charge on any atom is -0.463 e. The van der Waals surface area contributed by atoms with Gasteiger partial charge in [0.15, 0.2) is 0 Å². The van der Waals surface area contributed by atoms with Crippen molar-refractivity contribution in [2.75, 3.05) is 0 Å². The number of fused-ring (bicyclic) bond motifs is 3. The average Bonchev–Trinajstić information content (AvgIpc) is 3.55. The third-order valence-corrected chi connectivity index (χ3v) is 11.2. The molecule has 1 aromatic rings. The zero-order valence-electron chi connectivity index (χ0n) is 22.5. The fourth-order valence-electron chi connectivity index (χ4n) is 9.65. The third kappa shape index (κ3) is 3.59. The van der Waals surface area contributed by atoms with Crippen molar-refractivity contribution < 1.29 is 29.6 Å². The first-order valence-corrected chi connectivity index (χ1v) is 14.3. The average molecular weight is 515 g/mol. The zero-order valence-corrected chi connectivity index (χ0v) is 22.5. The van der Waals surface area contributed by atoms with Crippen LogP contribution in [0, 0.1) is 28.6 Å². The molecule has 1 spiro atoms. The number of carbonyl (C=O) groups excluding carboxylic acids is 2. The minimum absolute atomic E-state index is 0. The molecule has 0 radical (unpaired) electrons. The molecular formula is C30H42O7. The van der Waals surface area contributed by atoms with E-state index in [0.29, 0.717) is 24.2 Å². The van der Waals surface area contributed by atoms with Gasteiger partial charge in [0.25, 0.3) is 0 Å². The van der Waals surface area contributed by atoms with Crippen LogP contribution in [-0.2, 0) is 23.8 Å². The van der Waals surface area contributed by atoms with E-state index in [-0.39, 0.29) is 59.7 Å². The van der Waals surface area contributed by atoms with Crippen LogP contribution in [0.1, 0.15) is 98.4 Å². The Morgan fingerprint density at radius 1 is 1.08 bits per heavy atom. The molecule has 4 saturated carbocycles. The number of rotatable bonds is 5. The second-order valence-electron chi connectivity index (χ2n) is 12.9. The molecular weight excluding hydrogens is 472 g/mol. The molecule has 7 nitrogen and oxygen atoms in total. The molecule has 7 heteroatoms. The number of esters is 2. The van der Waals surface area contributed by atoms with E-state index >= 15 is 0 Å². The number of hydrogen-bond acceptors (Lipinski definition) is 7. The maximum Gasteiger partial charge on any atom is 0.335 e. The lowest BCUT2D eigenvalue weighted by molar-refractivity contribution is -0.167. The van der Waals surface area contributed by atoms with E-state index in [1.54, 1.807) is 6.26 Å². The van der Waals surface area contributed by atoms with E-state index < -0.39 is 0 Å². The van der Waals surface area contributed by atoms with Gasteiger partial charge >= 0.3 is 17.6 Å². The van der Waals surface area contributed by atoms with Gasteiger partial charge in [0.1, 0.15) is 23.9 Å². The van der Waals surface area contributed by atoms with Crippen LogP contribution < -0.4 is 5.63 Å². The lowest BCUT2D eigenvalue weighted by atomic mass is 9.44. The summed E-state index contributed by atoms with van der Waals surface area (Å²) in [7, 11) is 0. The number of hydrogen-bond donors (Lipinski definition) is 0. The summed E-state index contributed by atoms with van der Waals surface area (Å²) in [6.07, 6.45) is 9.45. The molecule has 1 aliphatic heterocycles. The van der Waals surface area contributed by atoms with Crippen molar-refractivity contribution in [3.05, 3.63) is 34.4 Å². The van der Waals surface area contributed by atoms with Gasteiger partial charge in [-0.05, 0) is 86.2 Å². The van der Waals surface area contributed by atoms with Gasteiger partial charge in [-0.25, -0.2) is 4.79 Å². The molecule has 10 atom stereocenters. The van der Waals surface area contributed by atoms with Crippen molar-refractivity contribution in [3.63, 3.8) is 0 Å². The summed E-state index contributed by atoms with van der Waals surface area (Å²) >= 11 is 0. The van der Waals surface area contributed by atoms with Gasteiger partial charge in [-0.2, -0.15) is 0 Å². The van der Waals surface area contributed by atoms with Crippen LogP contribution in [0.2, 0.25) is 0 Å². The molecule has 0 N–H and O–H groups in total. The van der Waals surface area contributed by atoms with Gasteiger partial charge in [0, 0.05) is 32.2 Å². The standard InChI is InChI=1S/C30H40O7.H2/c1-5-6-24(33)36-26-25(18-7-10-23(32)34-16-18)29(4)14-12-21-22(30(29)27(26)37-30)9-8-19-15-20(35-17(2)31)11-13-28(19,21)3;/h7,10,16,19-22,25-27H,5-6,8-9,11-15H2,1-4H3;1H/t19-,20+,21?,22-,25+,26-,27-,28+,29-,30-;/m1./s1. The third-order valence-electron chi connectivity index (χ3n) is 11.2. The number of epoxide rings is 1. The van der Waals surface area contributed by atoms with E-state index in [2.05, 4.69) is 13.8 Å². The normalized spacial score (nSPS) is 45.6. The van der Waals surface area contributed by atoms with E-state index in [4.69, 9.17) is 18.6 Å². The van der Waals surface area contributed by atoms with E-state index in [0.717, 1.165) is 56.9 Å². The topological polar surface area (TPSA) is 95.3 Å². The molecule has 1 saturated heterocycles. The summed E-state index contributed by atoms with van der Waals surface area (Å²) in [5, 5.41) is 0. The maximum absolute atomic E-state index is 12.7. The van der Waals surface area contributed by atoms with Crippen molar-refractivity contribution in [2.24, 2.45) is 28.6 Å². The van der Waals surface area contributed by atoms with Gasteiger partial charge in [-0.3, -0.25) is 9.59 Å². The fraction of sp³-hybridized carbons (Fsp3) is 0.767. The second kappa shape index (κ2) is 8.69. The summed E-state index contributed by atoms with van der Waals surface area (Å²) in [4.78, 5) is 36.1. The first-order chi connectivity index (χ1) is 17.6. The van der Waals surface area contributed by atoms with E-state index in [1.165, 1.54) is 13.0 Å². The molecule has 37 heavy (non-hydrogen) atoms. The quantitative estimate of drug-likeness (QED) is 0.384. The van der Waals surface area contributed by atoms with Crippen molar-refractivity contribution in [2.45, 2.75) is 115 Å². The predicted molar refractivity (Wildman–Crippen MR) is 137 cm³/mol. The molecule has 0 amide bonds. The van der Waals surface area contributed by atoms with Crippen molar-refractivity contribution in [1.29, 1.82) is 0 Å². The smallest absolute Gasteiger partial charge is 0.335 e. The second-order valence-corrected chi connectivity index (χ2v) is 12.9. The first kappa shape index (κ1) is 25.1. The largest absolute Gasteiger partial charge is 0.463 e. The molecule has 204 valence electrons. The predicted octanol–water partition coefficient (Wildman–Crippen LogP) is 5.40. The Kier molecular flexibility index (Phi) is 5.90. The van der Waals surface area contributed by atoms with Crippen LogP contribution in [0.3, 0.4) is 0 Å². The highest BCUT2D eigenvalue weighted by molar-refractivity contribution is 5.70. The molecule has 5 fully saturated rings. The first-order valence-electron chi connectivity index (χ1n) is 14.3. The lowest BCUT2D eigenvalue weighted by Crippen LogP contribution is -2.58. The van der Waals surface area contributed by atoms with Crippen molar-refractivity contribution in [3.8, 4) is 0 Å². The number of carbonyl (C=O) groups is 2. The molecule has 2 heterocycles. The molecule has 4 aliphatic carbocycles. The molecule has 6 rings (SSSR count). The molecule has 0 aromatic carbocycles. The Hall–Kier alpha value is -2.15. The van der Waals surface area contributed by atoms with Gasteiger partial charge in [0.2, 0.25) is 0 Å². The highest BCUT2D eigenvalue weighted by Gasteiger charge is 2.84. The van der Waals surface area contributed by atoms with Crippen LogP contribution >= 0.6 is 0 Å². The van der Waals surface area contributed by atoms with Crippen LogP contribution in [0.5, 0.6) is 0 Å². The monoisotopic (exact) mass is 514 g/mol. The number of ether oxygens (including phenoxy) is 3. The van der Waals surface area contributed by atoms with Crippen molar-refractivity contribution in [1.82, 2.24) is 0 Å². The summed E-state index contributed by atoms with van der Waals surface area (Å²) in [5.74, 6) is 1.05. The summed E-state index contributed by atoms with van der Waals surface area (Å²) in [5.41, 5.74) is 0.203. The van der Waals surface area contributed by atoms with Crippen LogP contribution in [0.15, 0.2) is 27.6 Å². The van der Waals surface area contributed by atoms with Crippen LogP contribution in [-0.4, -0.2) is 35.9 Å². The Bertz CT molecular complexity index is 1130. The summed E-state index contributed by atoms with van der Waals surface area (Å²) in [6, 6.07) is 3.32. The highest BCUT2D eigenvalue weighted by atomic mass is 16.7. The van der Waals surface area contributed by atoms with Gasteiger partial charge in [0.05, 0.1) is 6.26 Å². The zero-order chi connectivity index (χ0) is 26.2. The van der Waals surface area contributed by atoms with Gasteiger partial charge in [-0.1, -0.05) is 20.8 Å². The van der Waals surface area contributed by atoms with Gasteiger partial charge < -0.3 is 18.6 Å². The SMILES string of the molecule is CCCC(=O)O[C@H]1[C@H]2O[C@]23[C@@H]2CC[C@@H]4C[C@@H](OC(C)=O)CC[C@]4(C)C2CC[C@]3(C)[C@H]1c1ccc(=O)oc1.[HH]. The van der Waals surface area contributed by atoms with E-state index in [9.17, 15) is 14.4 Å². The molecule has 1 unspecified atom stereocenters. The molecule has 5 aliphatic rings. The molecule has 1 aromatic heterocycles. The highest BCUT2D eigenvalue weighted by Crippen LogP contribution is 2.78. The Morgan fingerprint density at radius 3 is 2.59 bits per heavy atom. The fourth-order valence-corrected chi connectivity index (χ4v) is 9.65. The van der Waals surface area contributed by atoms with Crippen molar-refractivity contribution >= 4 is 11.9 Å². The van der Waals surface area contributed by atoms with Gasteiger partial charge in [-0.15, -0.1) is 0 Å². The molecule has 0 bridgehead atoms.